The van der Waals surface area contributed by atoms with Crippen LogP contribution in [0.15, 0.2) is 36.4 Å². The Morgan fingerprint density at radius 2 is 2.19 bits per heavy atom. The molecule has 1 unspecified atom stereocenters. The van der Waals surface area contributed by atoms with Gasteiger partial charge in [0.15, 0.2) is 0 Å². The number of likely N-dealkylation sites (tertiary alicyclic amines) is 1. The molecule has 4 rings (SSSR count). The summed E-state index contributed by atoms with van der Waals surface area (Å²) in [5, 5.41) is 14.0. The van der Waals surface area contributed by atoms with Gasteiger partial charge < -0.3 is 24.6 Å². The first-order chi connectivity index (χ1) is 14.9. The maximum Gasteiger partial charge on any atom is 0.221 e. The maximum absolute atomic E-state index is 11.4. The van der Waals surface area contributed by atoms with Crippen molar-refractivity contribution in [2.24, 2.45) is 0 Å². The maximum atomic E-state index is 11.4. The molecule has 0 aliphatic carbocycles. The number of halogens is 1. The number of carbonyl (C=O) groups excluding carboxylic acids is 1. The number of aliphatic hydroxyl groups excluding tert-OH is 1. The van der Waals surface area contributed by atoms with Gasteiger partial charge in [-0.05, 0) is 35.9 Å². The van der Waals surface area contributed by atoms with Crippen molar-refractivity contribution in [2.75, 3.05) is 38.7 Å². The zero-order valence-corrected chi connectivity index (χ0v) is 18.4. The molecule has 0 bridgehead atoms. The summed E-state index contributed by atoms with van der Waals surface area (Å²) in [6, 6.07) is 10.9. The van der Waals surface area contributed by atoms with Gasteiger partial charge in [-0.1, -0.05) is 11.6 Å². The fourth-order valence-corrected chi connectivity index (χ4v) is 4.49. The van der Waals surface area contributed by atoms with Gasteiger partial charge in [-0.15, -0.1) is 0 Å². The van der Waals surface area contributed by atoms with Crippen LogP contribution in [-0.4, -0.2) is 61.0 Å². The number of aliphatic hydroxyl groups is 1. The number of carbonyl (C=O) groups is 1. The number of anilines is 1. The third-order valence-electron chi connectivity index (χ3n) is 5.66. The van der Waals surface area contributed by atoms with Gasteiger partial charge in [-0.25, -0.2) is 0 Å². The standard InChI is InChI=1S/C23H27ClN2O5/c1-15(27)25-20-5-4-19(29-2)10-22(20)30-13-18(28)12-26-8-7-23(14-26)11-16-9-17(24)3-6-21(16)31-23/h3-6,9-10,18,28H,7-8,11-14H2,1-2H3,(H,25,27)/t18-,23?/m0/s1. The molecule has 0 radical (unpaired) electrons. The van der Waals surface area contributed by atoms with Crippen molar-refractivity contribution in [3.8, 4) is 17.2 Å². The molecule has 8 heteroatoms. The zero-order valence-electron chi connectivity index (χ0n) is 17.7. The van der Waals surface area contributed by atoms with Gasteiger partial charge in [0, 0.05) is 50.5 Å². The molecule has 1 spiro atoms. The molecule has 1 amide bonds. The van der Waals surface area contributed by atoms with Crippen LogP contribution in [0.2, 0.25) is 5.02 Å². The molecule has 2 heterocycles. The van der Waals surface area contributed by atoms with Crippen molar-refractivity contribution in [1.82, 2.24) is 4.90 Å². The highest BCUT2D eigenvalue weighted by Gasteiger charge is 2.45. The number of amides is 1. The molecule has 166 valence electrons. The van der Waals surface area contributed by atoms with E-state index in [1.807, 2.05) is 18.2 Å². The SMILES string of the molecule is COc1ccc(NC(C)=O)c(OC[C@@H](O)CN2CCC3(Cc4cc(Cl)ccc4O3)C2)c1. The van der Waals surface area contributed by atoms with E-state index in [1.54, 1.807) is 25.3 Å². The largest absolute Gasteiger partial charge is 0.497 e. The summed E-state index contributed by atoms with van der Waals surface area (Å²) in [6.07, 6.45) is 1.04. The molecule has 1 fully saturated rings. The minimum atomic E-state index is -0.690. The smallest absolute Gasteiger partial charge is 0.221 e. The Kier molecular flexibility index (Phi) is 6.27. The fourth-order valence-electron chi connectivity index (χ4n) is 4.29. The van der Waals surface area contributed by atoms with E-state index in [0.29, 0.717) is 23.7 Å². The summed E-state index contributed by atoms with van der Waals surface area (Å²) in [5.74, 6) is 1.77. The van der Waals surface area contributed by atoms with Gasteiger partial charge in [0.1, 0.15) is 35.6 Å². The second kappa shape index (κ2) is 8.94. The quantitative estimate of drug-likeness (QED) is 0.680. The Morgan fingerprint density at radius 1 is 1.35 bits per heavy atom. The summed E-state index contributed by atoms with van der Waals surface area (Å²) in [4.78, 5) is 13.6. The molecule has 2 aliphatic heterocycles. The number of ether oxygens (including phenoxy) is 3. The highest BCUT2D eigenvalue weighted by atomic mass is 35.5. The normalized spacial score (nSPS) is 20.9. The van der Waals surface area contributed by atoms with E-state index in [9.17, 15) is 9.90 Å². The summed E-state index contributed by atoms with van der Waals surface area (Å²) in [7, 11) is 1.56. The number of hydrogen-bond acceptors (Lipinski definition) is 6. The van der Waals surface area contributed by atoms with Crippen molar-refractivity contribution in [3.05, 3.63) is 47.0 Å². The molecule has 2 aromatic rings. The van der Waals surface area contributed by atoms with Gasteiger partial charge >= 0.3 is 0 Å². The van der Waals surface area contributed by atoms with Crippen LogP contribution >= 0.6 is 11.6 Å². The second-order valence-electron chi connectivity index (χ2n) is 8.21. The van der Waals surface area contributed by atoms with E-state index in [4.69, 9.17) is 25.8 Å². The predicted molar refractivity (Wildman–Crippen MR) is 118 cm³/mol. The minimum absolute atomic E-state index is 0.0972. The number of fused-ring (bicyclic) bond motifs is 1. The highest BCUT2D eigenvalue weighted by Crippen LogP contribution is 2.41. The van der Waals surface area contributed by atoms with E-state index in [0.717, 1.165) is 42.3 Å². The average molecular weight is 447 g/mol. The molecular weight excluding hydrogens is 420 g/mol. The molecule has 0 aromatic heterocycles. The van der Waals surface area contributed by atoms with Gasteiger partial charge in [-0.2, -0.15) is 0 Å². The highest BCUT2D eigenvalue weighted by molar-refractivity contribution is 6.30. The molecule has 2 atom stereocenters. The van der Waals surface area contributed by atoms with E-state index in [2.05, 4.69) is 10.2 Å². The number of benzene rings is 2. The Hall–Kier alpha value is -2.48. The topological polar surface area (TPSA) is 80.3 Å². The van der Waals surface area contributed by atoms with E-state index >= 15 is 0 Å². The number of hydrogen-bond donors (Lipinski definition) is 2. The Morgan fingerprint density at radius 3 is 2.97 bits per heavy atom. The Balaban J connectivity index is 1.32. The van der Waals surface area contributed by atoms with Crippen LogP contribution in [0, 0.1) is 0 Å². The Bertz CT molecular complexity index is 969. The van der Waals surface area contributed by atoms with Crippen LogP contribution in [0.4, 0.5) is 5.69 Å². The van der Waals surface area contributed by atoms with Crippen LogP contribution in [0.5, 0.6) is 17.2 Å². The molecule has 7 nitrogen and oxygen atoms in total. The first-order valence-corrected chi connectivity index (χ1v) is 10.7. The number of β-amino-alcohol motifs (C(OH)–C–C–N with tert-alkyl or cyclic N) is 1. The summed E-state index contributed by atoms with van der Waals surface area (Å²) in [5.41, 5.74) is 1.43. The number of nitrogens with zero attached hydrogens (tertiary/aromatic N) is 1. The van der Waals surface area contributed by atoms with Crippen molar-refractivity contribution in [2.45, 2.75) is 31.5 Å². The van der Waals surface area contributed by atoms with Gasteiger partial charge in [-0.3, -0.25) is 9.69 Å². The third kappa shape index (κ3) is 5.06. The first kappa shape index (κ1) is 21.7. The van der Waals surface area contributed by atoms with Crippen LogP contribution in [-0.2, 0) is 11.2 Å². The van der Waals surface area contributed by atoms with Gasteiger partial charge in [0.05, 0.1) is 12.8 Å². The summed E-state index contributed by atoms with van der Waals surface area (Å²) in [6.45, 7) is 3.59. The Labute approximate surface area is 186 Å². The van der Waals surface area contributed by atoms with Crippen LogP contribution in [0.3, 0.4) is 0 Å². The molecule has 2 aliphatic rings. The van der Waals surface area contributed by atoms with Gasteiger partial charge in [0.25, 0.3) is 0 Å². The first-order valence-electron chi connectivity index (χ1n) is 10.3. The number of nitrogens with one attached hydrogen (secondary N) is 1. The van der Waals surface area contributed by atoms with Gasteiger partial charge in [0.2, 0.25) is 5.91 Å². The number of rotatable bonds is 7. The lowest BCUT2D eigenvalue weighted by Crippen LogP contribution is -2.40. The average Bonchev–Trinajstić information content (AvgIpc) is 3.28. The van der Waals surface area contributed by atoms with E-state index in [1.165, 1.54) is 6.92 Å². The second-order valence-corrected chi connectivity index (χ2v) is 8.64. The van der Waals surface area contributed by atoms with Crippen molar-refractivity contribution >= 4 is 23.2 Å². The zero-order chi connectivity index (χ0) is 22.0. The van der Waals surface area contributed by atoms with Crippen LogP contribution in [0.25, 0.3) is 0 Å². The van der Waals surface area contributed by atoms with Crippen molar-refractivity contribution in [3.63, 3.8) is 0 Å². The molecule has 2 N–H and O–H groups in total. The van der Waals surface area contributed by atoms with Crippen molar-refractivity contribution in [1.29, 1.82) is 0 Å². The van der Waals surface area contributed by atoms with Crippen LogP contribution < -0.4 is 19.5 Å². The lowest BCUT2D eigenvalue weighted by atomic mass is 9.96. The molecular formula is C23H27ClN2O5. The summed E-state index contributed by atoms with van der Waals surface area (Å²) < 4.78 is 17.3. The minimum Gasteiger partial charge on any atom is -0.497 e. The van der Waals surface area contributed by atoms with Crippen LogP contribution in [0.1, 0.15) is 18.9 Å². The lowest BCUT2D eigenvalue weighted by Gasteiger charge is -2.25. The molecule has 2 aromatic carbocycles. The van der Waals surface area contributed by atoms with E-state index in [-0.39, 0.29) is 18.1 Å². The molecule has 0 saturated carbocycles. The third-order valence-corrected chi connectivity index (χ3v) is 5.89. The number of methoxy groups -OCH3 is 1. The fraction of sp³-hybridized carbons (Fsp3) is 0.435. The lowest BCUT2D eigenvalue weighted by molar-refractivity contribution is -0.114. The van der Waals surface area contributed by atoms with Crippen molar-refractivity contribution < 1.29 is 24.1 Å². The van der Waals surface area contributed by atoms with E-state index < -0.39 is 6.10 Å². The monoisotopic (exact) mass is 446 g/mol. The predicted octanol–water partition coefficient (Wildman–Crippen LogP) is 3.13. The molecule has 1 saturated heterocycles. The molecule has 31 heavy (non-hydrogen) atoms. The summed E-state index contributed by atoms with van der Waals surface area (Å²) >= 11 is 6.12.